The van der Waals surface area contributed by atoms with Crippen molar-refractivity contribution in [3.8, 4) is 11.5 Å². The lowest BCUT2D eigenvalue weighted by Gasteiger charge is -2.14. The molecule has 0 atom stereocenters. The van der Waals surface area contributed by atoms with E-state index in [0.29, 0.717) is 18.0 Å². The van der Waals surface area contributed by atoms with Gasteiger partial charge in [0.15, 0.2) is 0 Å². The van der Waals surface area contributed by atoms with E-state index in [2.05, 4.69) is 10.9 Å². The lowest BCUT2D eigenvalue weighted by Crippen LogP contribution is -2.20. The van der Waals surface area contributed by atoms with Gasteiger partial charge >= 0.3 is 0 Å². The molecule has 0 heterocycles. The van der Waals surface area contributed by atoms with Crippen molar-refractivity contribution in [2.75, 3.05) is 12.5 Å². The number of hydrogen-bond acceptors (Lipinski definition) is 6. The minimum Gasteiger partial charge on any atom is -0.496 e. The van der Waals surface area contributed by atoms with Gasteiger partial charge in [-0.3, -0.25) is 10.1 Å². The van der Waals surface area contributed by atoms with E-state index in [0.717, 1.165) is 16.8 Å². The maximum Gasteiger partial charge on any atom is 0.271 e. The maximum absolute atomic E-state index is 10.8. The summed E-state index contributed by atoms with van der Waals surface area (Å²) in [6, 6.07) is 19.7. The van der Waals surface area contributed by atoms with E-state index in [1.54, 1.807) is 7.11 Å². The minimum atomic E-state index is -0.501. The van der Waals surface area contributed by atoms with Gasteiger partial charge in [-0.05, 0) is 35.9 Å². The molecule has 0 radical (unpaired) electrons. The van der Waals surface area contributed by atoms with Crippen LogP contribution in [0.1, 0.15) is 11.1 Å². The van der Waals surface area contributed by atoms with E-state index >= 15 is 0 Å². The third-order valence-corrected chi connectivity index (χ3v) is 4.45. The molecular weight excluding hydrogens is 394 g/mol. The molecule has 0 aliphatic rings. The lowest BCUT2D eigenvalue weighted by molar-refractivity contribution is -0.384. The molecule has 2 N–H and O–H groups in total. The Morgan fingerprint density at radius 2 is 1.79 bits per heavy atom. The molecule has 0 aliphatic heterocycles. The van der Waals surface area contributed by atoms with Gasteiger partial charge < -0.3 is 14.9 Å². The third kappa shape index (κ3) is 5.60. The van der Waals surface area contributed by atoms with Crippen LogP contribution >= 0.6 is 11.6 Å². The van der Waals surface area contributed by atoms with Crippen LogP contribution in [0.25, 0.3) is 0 Å². The number of hydrazine groups is 1. The van der Waals surface area contributed by atoms with Crippen LogP contribution < -0.4 is 20.3 Å². The summed E-state index contributed by atoms with van der Waals surface area (Å²) < 4.78 is 11.2. The fourth-order valence-corrected chi connectivity index (χ4v) is 2.93. The number of anilines is 1. The van der Waals surface area contributed by atoms with Gasteiger partial charge in [0, 0.05) is 29.9 Å². The standard InChI is InChI=1S/C21H20ClN3O4/c1-28-20-9-7-15(13-23-24-17-5-3-2-4-6-17)11-16(20)14-29-21-10-8-18(25(26)27)12-19(21)22/h2-12,23-24H,13-14H2,1H3. The number of nitro groups is 1. The number of nitro benzene ring substituents is 1. The Morgan fingerprint density at radius 1 is 1.03 bits per heavy atom. The predicted molar refractivity (Wildman–Crippen MR) is 112 cm³/mol. The second-order valence-corrected chi connectivity index (χ2v) is 6.56. The molecule has 8 heteroatoms. The summed E-state index contributed by atoms with van der Waals surface area (Å²) in [5.74, 6) is 1.05. The number of non-ortho nitro benzene ring substituents is 1. The number of nitrogens with one attached hydrogen (secondary N) is 2. The predicted octanol–water partition coefficient (Wildman–Crippen LogP) is 4.95. The molecule has 0 amide bonds. The van der Waals surface area contributed by atoms with Gasteiger partial charge in [-0.1, -0.05) is 35.9 Å². The smallest absolute Gasteiger partial charge is 0.271 e. The molecule has 0 saturated carbocycles. The number of nitrogens with zero attached hydrogens (tertiary/aromatic N) is 1. The van der Waals surface area contributed by atoms with Crippen LogP contribution in [0.2, 0.25) is 5.02 Å². The summed E-state index contributed by atoms with van der Waals surface area (Å²) >= 11 is 6.09. The normalized spacial score (nSPS) is 10.4. The molecule has 0 aliphatic carbocycles. The van der Waals surface area contributed by atoms with Gasteiger partial charge in [0.1, 0.15) is 18.1 Å². The quantitative estimate of drug-likeness (QED) is 0.381. The molecule has 0 unspecified atom stereocenters. The molecule has 3 aromatic rings. The summed E-state index contributed by atoms with van der Waals surface area (Å²) in [5.41, 5.74) is 9.05. The maximum atomic E-state index is 10.8. The highest BCUT2D eigenvalue weighted by Crippen LogP contribution is 2.30. The molecule has 3 rings (SSSR count). The average molecular weight is 414 g/mol. The van der Waals surface area contributed by atoms with Crippen LogP contribution in [0.3, 0.4) is 0 Å². The third-order valence-electron chi connectivity index (χ3n) is 4.15. The van der Waals surface area contributed by atoms with Crippen LogP contribution in [0.15, 0.2) is 66.7 Å². The monoisotopic (exact) mass is 413 g/mol. The molecule has 0 spiro atoms. The number of ether oxygens (including phenoxy) is 2. The first kappa shape index (κ1) is 20.4. The molecule has 0 saturated heterocycles. The molecular formula is C21H20ClN3O4. The number of methoxy groups -OCH3 is 1. The summed E-state index contributed by atoms with van der Waals surface area (Å²) in [5, 5.41) is 11.0. The van der Waals surface area contributed by atoms with E-state index in [4.69, 9.17) is 21.1 Å². The van der Waals surface area contributed by atoms with E-state index in [1.807, 2.05) is 48.5 Å². The Labute approximate surface area is 173 Å². The highest BCUT2D eigenvalue weighted by molar-refractivity contribution is 6.32. The van der Waals surface area contributed by atoms with E-state index in [-0.39, 0.29) is 17.3 Å². The zero-order valence-electron chi connectivity index (χ0n) is 15.7. The first-order valence-electron chi connectivity index (χ1n) is 8.83. The van der Waals surface area contributed by atoms with E-state index in [9.17, 15) is 10.1 Å². The molecule has 7 nitrogen and oxygen atoms in total. The summed E-state index contributed by atoms with van der Waals surface area (Å²) in [6.45, 7) is 0.796. The Balaban J connectivity index is 1.65. The topological polar surface area (TPSA) is 85.7 Å². The van der Waals surface area contributed by atoms with Crippen molar-refractivity contribution in [2.24, 2.45) is 0 Å². The van der Waals surface area contributed by atoms with Crippen LogP contribution in [0.4, 0.5) is 11.4 Å². The van der Waals surface area contributed by atoms with Crippen LogP contribution in [0.5, 0.6) is 11.5 Å². The average Bonchev–Trinajstić information content (AvgIpc) is 2.73. The number of rotatable bonds is 9. The Kier molecular flexibility index (Phi) is 6.89. The van der Waals surface area contributed by atoms with Gasteiger partial charge in [-0.25, -0.2) is 5.43 Å². The van der Waals surface area contributed by atoms with E-state index in [1.165, 1.54) is 18.2 Å². The summed E-state index contributed by atoms with van der Waals surface area (Å²) in [6.07, 6.45) is 0. The Bertz CT molecular complexity index is 983. The van der Waals surface area contributed by atoms with Crippen molar-refractivity contribution in [3.05, 3.63) is 93.0 Å². The minimum absolute atomic E-state index is 0.0843. The van der Waals surface area contributed by atoms with Crippen molar-refractivity contribution in [2.45, 2.75) is 13.2 Å². The molecule has 0 fully saturated rings. The fourth-order valence-electron chi connectivity index (χ4n) is 2.70. The summed E-state index contributed by atoms with van der Waals surface area (Å²) in [7, 11) is 1.59. The largest absolute Gasteiger partial charge is 0.496 e. The number of para-hydroxylation sites is 1. The second-order valence-electron chi connectivity index (χ2n) is 6.15. The molecule has 150 valence electrons. The van der Waals surface area contributed by atoms with Crippen LogP contribution in [0, 0.1) is 10.1 Å². The van der Waals surface area contributed by atoms with E-state index < -0.39 is 4.92 Å². The van der Waals surface area contributed by atoms with Crippen molar-refractivity contribution >= 4 is 23.0 Å². The number of halogens is 1. The van der Waals surface area contributed by atoms with Gasteiger partial charge in [0.25, 0.3) is 5.69 Å². The van der Waals surface area contributed by atoms with Crippen molar-refractivity contribution < 1.29 is 14.4 Å². The zero-order chi connectivity index (χ0) is 20.6. The molecule has 0 bridgehead atoms. The Hall–Kier alpha value is -3.29. The van der Waals surface area contributed by atoms with Gasteiger partial charge in [0.2, 0.25) is 0 Å². The molecule has 29 heavy (non-hydrogen) atoms. The van der Waals surface area contributed by atoms with Crippen LogP contribution in [-0.4, -0.2) is 12.0 Å². The number of benzene rings is 3. The van der Waals surface area contributed by atoms with Gasteiger partial charge in [0.05, 0.1) is 17.1 Å². The first-order chi connectivity index (χ1) is 14.1. The SMILES string of the molecule is COc1ccc(CNNc2ccccc2)cc1COc1ccc([N+](=O)[O-])cc1Cl. The van der Waals surface area contributed by atoms with Crippen molar-refractivity contribution in [1.29, 1.82) is 0 Å². The second kappa shape index (κ2) is 9.77. The number of hydrogen-bond donors (Lipinski definition) is 2. The zero-order valence-corrected chi connectivity index (χ0v) is 16.5. The van der Waals surface area contributed by atoms with Crippen molar-refractivity contribution in [3.63, 3.8) is 0 Å². The highest BCUT2D eigenvalue weighted by atomic mass is 35.5. The highest BCUT2D eigenvalue weighted by Gasteiger charge is 2.12. The Morgan fingerprint density at radius 3 is 2.48 bits per heavy atom. The molecule has 0 aromatic heterocycles. The first-order valence-corrected chi connectivity index (χ1v) is 9.21. The molecule has 3 aromatic carbocycles. The summed E-state index contributed by atoms with van der Waals surface area (Å²) in [4.78, 5) is 10.3. The lowest BCUT2D eigenvalue weighted by atomic mass is 10.1. The van der Waals surface area contributed by atoms with Gasteiger partial charge in [-0.15, -0.1) is 0 Å². The van der Waals surface area contributed by atoms with Crippen molar-refractivity contribution in [1.82, 2.24) is 5.43 Å². The van der Waals surface area contributed by atoms with Crippen LogP contribution in [-0.2, 0) is 13.2 Å². The van der Waals surface area contributed by atoms with Gasteiger partial charge in [-0.2, -0.15) is 0 Å². The fraction of sp³-hybridized carbons (Fsp3) is 0.143.